The summed E-state index contributed by atoms with van der Waals surface area (Å²) in [5.41, 5.74) is 0.861. The summed E-state index contributed by atoms with van der Waals surface area (Å²) < 4.78 is 5.56. The number of aliphatic hydroxyl groups is 1. The van der Waals surface area contributed by atoms with Gasteiger partial charge >= 0.3 is 0 Å². The predicted octanol–water partition coefficient (Wildman–Crippen LogP) is 1.64. The van der Waals surface area contributed by atoms with Gasteiger partial charge in [0.25, 0.3) is 5.91 Å². The number of benzene rings is 1. The lowest BCUT2D eigenvalue weighted by atomic mass is 10.2. The average molecular weight is 347 g/mol. The molecule has 0 spiro atoms. The molecule has 1 aromatic carbocycles. The minimum Gasteiger partial charge on any atom is -0.395 e. The molecule has 0 bridgehead atoms. The minimum absolute atomic E-state index is 0.102. The number of hydrogen-bond acceptors (Lipinski definition) is 4. The molecular formula is C15H20Cl2N2O3. The molecule has 1 heterocycles. The number of rotatable bonds is 5. The first-order chi connectivity index (χ1) is 10.5. The maximum absolute atomic E-state index is 12.6. The van der Waals surface area contributed by atoms with E-state index in [1.165, 1.54) is 0 Å². The monoisotopic (exact) mass is 346 g/mol. The molecule has 2 rings (SSSR count). The average Bonchev–Trinajstić information content (AvgIpc) is 2.50. The Morgan fingerprint density at radius 1 is 1.45 bits per heavy atom. The van der Waals surface area contributed by atoms with E-state index < -0.39 is 6.10 Å². The lowest BCUT2D eigenvalue weighted by molar-refractivity contribution is -0.150. The van der Waals surface area contributed by atoms with Crippen molar-refractivity contribution in [3.8, 4) is 0 Å². The molecule has 0 aliphatic carbocycles. The molecule has 0 saturated carbocycles. The lowest BCUT2D eigenvalue weighted by Gasteiger charge is -2.33. The number of nitrogens with zero attached hydrogens (tertiary/aromatic N) is 2. The van der Waals surface area contributed by atoms with Crippen LogP contribution in [0.1, 0.15) is 5.56 Å². The Morgan fingerprint density at radius 3 is 2.86 bits per heavy atom. The van der Waals surface area contributed by atoms with E-state index in [0.717, 1.165) is 12.1 Å². The molecule has 1 amide bonds. The summed E-state index contributed by atoms with van der Waals surface area (Å²) in [5.74, 6) is -0.119. The summed E-state index contributed by atoms with van der Waals surface area (Å²) >= 11 is 11.9. The van der Waals surface area contributed by atoms with Crippen LogP contribution in [-0.4, -0.2) is 66.8 Å². The largest absolute Gasteiger partial charge is 0.395 e. The van der Waals surface area contributed by atoms with Crippen molar-refractivity contribution >= 4 is 29.1 Å². The van der Waals surface area contributed by atoms with E-state index in [-0.39, 0.29) is 19.1 Å². The maximum Gasteiger partial charge on any atom is 0.253 e. The zero-order valence-electron chi connectivity index (χ0n) is 12.5. The Kier molecular flexibility index (Phi) is 6.47. The van der Waals surface area contributed by atoms with Crippen LogP contribution in [0.15, 0.2) is 18.2 Å². The third kappa shape index (κ3) is 4.57. The summed E-state index contributed by atoms with van der Waals surface area (Å²) in [4.78, 5) is 16.2. The van der Waals surface area contributed by atoms with E-state index in [1.54, 1.807) is 17.0 Å². The van der Waals surface area contributed by atoms with Crippen LogP contribution in [0, 0.1) is 0 Å². The van der Waals surface area contributed by atoms with Crippen molar-refractivity contribution in [3.05, 3.63) is 33.8 Å². The van der Waals surface area contributed by atoms with E-state index in [2.05, 4.69) is 4.90 Å². The molecule has 122 valence electrons. The van der Waals surface area contributed by atoms with E-state index in [9.17, 15) is 9.90 Å². The number of likely N-dealkylation sites (N-methyl/N-ethyl adjacent to an activating group) is 1. The van der Waals surface area contributed by atoms with E-state index in [1.807, 2.05) is 13.1 Å². The number of ether oxygens (including phenoxy) is 1. The quantitative estimate of drug-likeness (QED) is 0.880. The van der Waals surface area contributed by atoms with Crippen LogP contribution in [-0.2, 0) is 16.1 Å². The molecular weight excluding hydrogens is 327 g/mol. The number of halogens is 2. The van der Waals surface area contributed by atoms with Crippen LogP contribution in [0.4, 0.5) is 0 Å². The van der Waals surface area contributed by atoms with Crippen molar-refractivity contribution in [2.45, 2.75) is 12.6 Å². The predicted molar refractivity (Wildman–Crippen MR) is 86.2 cm³/mol. The second-order valence-corrected chi connectivity index (χ2v) is 6.17. The van der Waals surface area contributed by atoms with Gasteiger partial charge in [0.05, 0.1) is 23.3 Å². The Labute approximate surface area is 140 Å². The van der Waals surface area contributed by atoms with Gasteiger partial charge in [-0.05, 0) is 24.7 Å². The van der Waals surface area contributed by atoms with Gasteiger partial charge in [-0.2, -0.15) is 0 Å². The molecule has 22 heavy (non-hydrogen) atoms. The number of hydrogen-bond donors (Lipinski definition) is 1. The molecule has 5 nitrogen and oxygen atoms in total. The summed E-state index contributed by atoms with van der Waals surface area (Å²) in [6.45, 7) is 2.42. The van der Waals surface area contributed by atoms with Gasteiger partial charge < -0.3 is 19.6 Å². The molecule has 1 aromatic rings. The van der Waals surface area contributed by atoms with Gasteiger partial charge in [0.1, 0.15) is 6.10 Å². The fourth-order valence-corrected chi connectivity index (χ4v) is 2.70. The van der Waals surface area contributed by atoms with Gasteiger partial charge in [0.2, 0.25) is 0 Å². The van der Waals surface area contributed by atoms with E-state index in [0.29, 0.717) is 29.7 Å². The highest BCUT2D eigenvalue weighted by Crippen LogP contribution is 2.23. The van der Waals surface area contributed by atoms with Gasteiger partial charge in [0.15, 0.2) is 0 Å². The van der Waals surface area contributed by atoms with Crippen LogP contribution in [0.25, 0.3) is 0 Å². The van der Waals surface area contributed by atoms with E-state index in [4.69, 9.17) is 27.9 Å². The van der Waals surface area contributed by atoms with Crippen molar-refractivity contribution in [2.75, 3.05) is 39.9 Å². The molecule has 0 aromatic heterocycles. The fourth-order valence-electron chi connectivity index (χ4n) is 2.38. The van der Waals surface area contributed by atoms with Crippen LogP contribution >= 0.6 is 23.2 Å². The first kappa shape index (κ1) is 17.5. The van der Waals surface area contributed by atoms with Crippen LogP contribution in [0.3, 0.4) is 0 Å². The summed E-state index contributed by atoms with van der Waals surface area (Å²) in [5, 5.41) is 10.1. The van der Waals surface area contributed by atoms with Gasteiger partial charge in [0, 0.05) is 26.2 Å². The molecule has 1 aliphatic rings. The first-order valence-corrected chi connectivity index (χ1v) is 7.90. The molecule has 1 N–H and O–H groups in total. The number of amides is 1. The molecule has 1 saturated heterocycles. The van der Waals surface area contributed by atoms with Gasteiger partial charge in [-0.25, -0.2) is 0 Å². The van der Waals surface area contributed by atoms with Crippen molar-refractivity contribution in [1.82, 2.24) is 9.80 Å². The van der Waals surface area contributed by atoms with Crippen molar-refractivity contribution < 1.29 is 14.6 Å². The normalized spacial score (nSPS) is 19.2. The second-order valence-electron chi connectivity index (χ2n) is 5.35. The highest BCUT2D eigenvalue weighted by Gasteiger charge is 2.28. The number of carbonyl (C=O) groups is 1. The van der Waals surface area contributed by atoms with Crippen LogP contribution < -0.4 is 0 Å². The summed E-state index contributed by atoms with van der Waals surface area (Å²) in [6, 6.07) is 5.25. The number of morpholine rings is 1. The highest BCUT2D eigenvalue weighted by molar-refractivity contribution is 6.42. The van der Waals surface area contributed by atoms with Gasteiger partial charge in [-0.1, -0.05) is 29.3 Å². The van der Waals surface area contributed by atoms with Crippen molar-refractivity contribution in [2.24, 2.45) is 0 Å². The molecule has 1 aliphatic heterocycles. The summed E-state index contributed by atoms with van der Waals surface area (Å²) in [7, 11) is 1.96. The third-order valence-corrected chi connectivity index (χ3v) is 4.32. The zero-order valence-corrected chi connectivity index (χ0v) is 14.0. The number of carbonyl (C=O) groups excluding carboxylic acids is 1. The number of aliphatic hydroxyl groups excluding tert-OH is 1. The van der Waals surface area contributed by atoms with E-state index >= 15 is 0 Å². The first-order valence-electron chi connectivity index (χ1n) is 7.15. The Bertz CT molecular complexity index is 528. The third-order valence-electron chi connectivity index (χ3n) is 3.58. The Morgan fingerprint density at radius 2 is 2.23 bits per heavy atom. The van der Waals surface area contributed by atoms with Crippen molar-refractivity contribution in [1.29, 1.82) is 0 Å². The molecule has 1 fully saturated rings. The molecule has 0 unspecified atom stereocenters. The minimum atomic E-state index is -0.493. The highest BCUT2D eigenvalue weighted by atomic mass is 35.5. The van der Waals surface area contributed by atoms with Crippen LogP contribution in [0.2, 0.25) is 10.0 Å². The van der Waals surface area contributed by atoms with Crippen molar-refractivity contribution in [3.63, 3.8) is 0 Å². The second kappa shape index (κ2) is 8.13. The summed E-state index contributed by atoms with van der Waals surface area (Å²) in [6.07, 6.45) is -0.493. The molecule has 0 radical (unpaired) electrons. The topological polar surface area (TPSA) is 53.0 Å². The SMILES string of the molecule is CN1CCO[C@H](C(=O)N(CCO)Cc2ccc(Cl)c(Cl)c2)C1. The fraction of sp³-hybridized carbons (Fsp3) is 0.533. The van der Waals surface area contributed by atoms with Gasteiger partial charge in [-0.15, -0.1) is 0 Å². The Hall–Kier alpha value is -0.850. The lowest BCUT2D eigenvalue weighted by Crippen LogP contribution is -2.50. The van der Waals surface area contributed by atoms with Gasteiger partial charge in [-0.3, -0.25) is 4.79 Å². The smallest absolute Gasteiger partial charge is 0.253 e. The standard InChI is InChI=1S/C15H20Cl2N2O3/c1-18-5-7-22-14(10-18)15(21)19(4-6-20)9-11-2-3-12(16)13(17)8-11/h2-3,8,14,20H,4-7,9-10H2,1H3/t14-/m0/s1. The van der Waals surface area contributed by atoms with Crippen LogP contribution in [0.5, 0.6) is 0 Å². The maximum atomic E-state index is 12.6. The molecule has 7 heteroatoms. The molecule has 1 atom stereocenters. The Balaban J connectivity index is 2.07. The zero-order chi connectivity index (χ0) is 16.1.